The van der Waals surface area contributed by atoms with Crippen molar-refractivity contribution in [2.75, 3.05) is 6.54 Å². The molecule has 5 heteroatoms. The first-order valence-electron chi connectivity index (χ1n) is 6.67. The van der Waals surface area contributed by atoms with Crippen molar-refractivity contribution in [1.82, 2.24) is 4.90 Å². The second kappa shape index (κ2) is 6.74. The first kappa shape index (κ1) is 14.8. The van der Waals surface area contributed by atoms with Crippen molar-refractivity contribution >= 4 is 11.9 Å². The Balaban J connectivity index is 2.17. The standard InChI is InChI=1S/C16H17NO4/c1-12(16(19)20)10-17(11-13-6-3-2-4-7-13)15(18)14-8-5-9-21-14/h2-9,12H,10-11H2,1H3,(H,19,20). The van der Waals surface area contributed by atoms with Crippen molar-refractivity contribution in [3.8, 4) is 0 Å². The normalized spacial score (nSPS) is 11.9. The van der Waals surface area contributed by atoms with Gasteiger partial charge in [0.2, 0.25) is 0 Å². The molecule has 0 aliphatic heterocycles. The SMILES string of the molecule is CC(CN(Cc1ccccc1)C(=O)c1ccco1)C(=O)O. The van der Waals surface area contributed by atoms with Crippen LogP contribution in [0.4, 0.5) is 0 Å². The van der Waals surface area contributed by atoms with Crippen LogP contribution in [0.15, 0.2) is 53.1 Å². The van der Waals surface area contributed by atoms with Gasteiger partial charge in [-0.3, -0.25) is 9.59 Å². The van der Waals surface area contributed by atoms with Gasteiger partial charge in [-0.2, -0.15) is 0 Å². The smallest absolute Gasteiger partial charge is 0.308 e. The summed E-state index contributed by atoms with van der Waals surface area (Å²) >= 11 is 0. The minimum absolute atomic E-state index is 0.129. The number of carbonyl (C=O) groups excluding carboxylic acids is 1. The van der Waals surface area contributed by atoms with Crippen LogP contribution in [-0.4, -0.2) is 28.4 Å². The van der Waals surface area contributed by atoms with Gasteiger partial charge in [0, 0.05) is 13.1 Å². The predicted octanol–water partition coefficient (Wildman–Crippen LogP) is 2.64. The van der Waals surface area contributed by atoms with Crippen LogP contribution >= 0.6 is 0 Å². The Morgan fingerprint density at radius 1 is 1.19 bits per heavy atom. The van der Waals surface area contributed by atoms with E-state index < -0.39 is 11.9 Å². The summed E-state index contributed by atoms with van der Waals surface area (Å²) in [6.07, 6.45) is 1.43. The Morgan fingerprint density at radius 3 is 2.48 bits per heavy atom. The lowest BCUT2D eigenvalue weighted by Gasteiger charge is -2.23. The molecule has 110 valence electrons. The highest BCUT2D eigenvalue weighted by Gasteiger charge is 2.23. The van der Waals surface area contributed by atoms with Gasteiger partial charge in [-0.1, -0.05) is 37.3 Å². The van der Waals surface area contributed by atoms with Gasteiger partial charge in [-0.25, -0.2) is 0 Å². The van der Waals surface area contributed by atoms with Crippen LogP contribution in [0.2, 0.25) is 0 Å². The van der Waals surface area contributed by atoms with E-state index in [0.717, 1.165) is 5.56 Å². The molecule has 21 heavy (non-hydrogen) atoms. The molecule has 0 spiro atoms. The summed E-state index contributed by atoms with van der Waals surface area (Å²) in [4.78, 5) is 24.9. The lowest BCUT2D eigenvalue weighted by Crippen LogP contribution is -2.36. The summed E-state index contributed by atoms with van der Waals surface area (Å²) in [5.74, 6) is -1.67. The first-order chi connectivity index (χ1) is 10.1. The Labute approximate surface area is 122 Å². The molecule has 1 unspecified atom stereocenters. The van der Waals surface area contributed by atoms with Crippen molar-refractivity contribution in [1.29, 1.82) is 0 Å². The van der Waals surface area contributed by atoms with Gasteiger partial charge in [0.15, 0.2) is 5.76 Å². The van der Waals surface area contributed by atoms with Crippen LogP contribution in [0.3, 0.4) is 0 Å². The number of aliphatic carboxylic acids is 1. The van der Waals surface area contributed by atoms with E-state index in [-0.39, 0.29) is 18.2 Å². The monoisotopic (exact) mass is 287 g/mol. The molecule has 2 aromatic rings. The largest absolute Gasteiger partial charge is 0.481 e. The van der Waals surface area contributed by atoms with Gasteiger partial charge in [-0.15, -0.1) is 0 Å². The third kappa shape index (κ3) is 3.95. The van der Waals surface area contributed by atoms with E-state index in [0.29, 0.717) is 6.54 Å². The lowest BCUT2D eigenvalue weighted by molar-refractivity contribution is -0.141. The molecule has 1 N–H and O–H groups in total. The van der Waals surface area contributed by atoms with Gasteiger partial charge >= 0.3 is 5.97 Å². The number of carbonyl (C=O) groups is 2. The molecule has 2 rings (SSSR count). The van der Waals surface area contributed by atoms with Crippen LogP contribution in [0.5, 0.6) is 0 Å². The minimum Gasteiger partial charge on any atom is -0.481 e. The quantitative estimate of drug-likeness (QED) is 0.886. The van der Waals surface area contributed by atoms with Crippen molar-refractivity contribution in [3.05, 3.63) is 60.1 Å². The molecule has 0 aliphatic rings. The number of furan rings is 1. The van der Waals surface area contributed by atoms with Crippen LogP contribution in [0, 0.1) is 5.92 Å². The van der Waals surface area contributed by atoms with E-state index in [1.807, 2.05) is 30.3 Å². The average Bonchev–Trinajstić information content (AvgIpc) is 3.01. The molecule has 0 bridgehead atoms. The summed E-state index contributed by atoms with van der Waals surface area (Å²) in [6, 6.07) is 12.7. The minimum atomic E-state index is -0.930. The summed E-state index contributed by atoms with van der Waals surface area (Å²) < 4.78 is 5.12. The molecular formula is C16H17NO4. The molecule has 0 saturated heterocycles. The van der Waals surface area contributed by atoms with E-state index in [2.05, 4.69) is 0 Å². The molecule has 0 aliphatic carbocycles. The fourth-order valence-electron chi connectivity index (χ4n) is 1.99. The average molecular weight is 287 g/mol. The highest BCUT2D eigenvalue weighted by Crippen LogP contribution is 2.13. The Kier molecular flexibility index (Phi) is 4.77. The molecular weight excluding hydrogens is 270 g/mol. The first-order valence-corrected chi connectivity index (χ1v) is 6.67. The zero-order chi connectivity index (χ0) is 15.2. The number of hydrogen-bond acceptors (Lipinski definition) is 3. The number of hydrogen-bond donors (Lipinski definition) is 1. The maximum absolute atomic E-state index is 12.4. The van der Waals surface area contributed by atoms with E-state index in [4.69, 9.17) is 9.52 Å². The molecule has 1 atom stereocenters. The van der Waals surface area contributed by atoms with Crippen LogP contribution in [0.25, 0.3) is 0 Å². The zero-order valence-corrected chi connectivity index (χ0v) is 11.7. The maximum atomic E-state index is 12.4. The topological polar surface area (TPSA) is 70.8 Å². The van der Waals surface area contributed by atoms with Gasteiger partial charge < -0.3 is 14.4 Å². The molecule has 1 aromatic heterocycles. The fraction of sp³-hybridized carbons (Fsp3) is 0.250. The maximum Gasteiger partial charge on any atom is 0.308 e. The third-order valence-corrected chi connectivity index (χ3v) is 3.15. The number of amides is 1. The van der Waals surface area contributed by atoms with Crippen molar-refractivity contribution < 1.29 is 19.1 Å². The lowest BCUT2D eigenvalue weighted by atomic mass is 10.1. The molecule has 1 amide bonds. The Morgan fingerprint density at radius 2 is 1.90 bits per heavy atom. The number of benzene rings is 1. The van der Waals surface area contributed by atoms with Gasteiger partial charge in [0.25, 0.3) is 5.91 Å². The van der Waals surface area contributed by atoms with Gasteiger partial charge in [0.1, 0.15) is 0 Å². The van der Waals surface area contributed by atoms with Crippen LogP contribution in [0.1, 0.15) is 23.0 Å². The zero-order valence-electron chi connectivity index (χ0n) is 11.7. The summed E-state index contributed by atoms with van der Waals surface area (Å²) in [6.45, 7) is 2.05. The van der Waals surface area contributed by atoms with Gasteiger partial charge in [0.05, 0.1) is 12.2 Å². The molecule has 0 fully saturated rings. The number of nitrogens with zero attached hydrogens (tertiary/aromatic N) is 1. The molecule has 5 nitrogen and oxygen atoms in total. The predicted molar refractivity (Wildman–Crippen MR) is 76.7 cm³/mol. The molecule has 0 saturated carbocycles. The highest BCUT2D eigenvalue weighted by molar-refractivity contribution is 5.91. The van der Waals surface area contributed by atoms with E-state index in [1.54, 1.807) is 19.1 Å². The number of carboxylic acids is 1. The van der Waals surface area contributed by atoms with Gasteiger partial charge in [-0.05, 0) is 17.7 Å². The number of rotatable bonds is 6. The van der Waals surface area contributed by atoms with E-state index in [1.165, 1.54) is 11.2 Å². The Bertz CT molecular complexity index is 592. The van der Waals surface area contributed by atoms with E-state index in [9.17, 15) is 9.59 Å². The van der Waals surface area contributed by atoms with Crippen molar-refractivity contribution in [2.45, 2.75) is 13.5 Å². The fourth-order valence-corrected chi connectivity index (χ4v) is 1.99. The Hall–Kier alpha value is -2.56. The van der Waals surface area contributed by atoms with Crippen molar-refractivity contribution in [3.63, 3.8) is 0 Å². The number of carboxylic acid groups (broad SMARTS) is 1. The summed E-state index contributed by atoms with van der Waals surface area (Å²) in [5.41, 5.74) is 0.940. The molecule has 0 radical (unpaired) electrons. The molecule has 1 aromatic carbocycles. The summed E-state index contributed by atoms with van der Waals surface area (Å²) in [5, 5.41) is 9.05. The third-order valence-electron chi connectivity index (χ3n) is 3.15. The molecule has 1 heterocycles. The van der Waals surface area contributed by atoms with Crippen LogP contribution < -0.4 is 0 Å². The van der Waals surface area contributed by atoms with Crippen molar-refractivity contribution in [2.24, 2.45) is 5.92 Å². The van der Waals surface area contributed by atoms with E-state index >= 15 is 0 Å². The second-order valence-electron chi connectivity index (χ2n) is 4.89. The van der Waals surface area contributed by atoms with Crippen LogP contribution in [-0.2, 0) is 11.3 Å². The highest BCUT2D eigenvalue weighted by atomic mass is 16.4. The summed E-state index contributed by atoms with van der Waals surface area (Å²) in [7, 11) is 0. The second-order valence-corrected chi connectivity index (χ2v) is 4.89.